The molecule has 1 atom stereocenters. The molecule has 0 radical (unpaired) electrons. The SMILES string of the molecule is O=C(CCc1ncc(-c2ccc(F)cc2F)o1)NCC(O)COc1cccc(C(F)(F)F)c1. The van der Waals surface area contributed by atoms with Gasteiger partial charge in [-0.1, -0.05) is 6.07 Å². The zero-order chi connectivity index (χ0) is 24.0. The van der Waals surface area contributed by atoms with Gasteiger partial charge in [-0.15, -0.1) is 0 Å². The zero-order valence-electron chi connectivity index (χ0n) is 17.0. The van der Waals surface area contributed by atoms with Crippen LogP contribution >= 0.6 is 0 Å². The molecule has 0 saturated carbocycles. The van der Waals surface area contributed by atoms with Crippen LogP contribution in [0, 0.1) is 11.6 Å². The zero-order valence-corrected chi connectivity index (χ0v) is 17.0. The van der Waals surface area contributed by atoms with Gasteiger partial charge in [-0.2, -0.15) is 13.2 Å². The van der Waals surface area contributed by atoms with Gasteiger partial charge in [0.05, 0.1) is 17.3 Å². The molecular formula is C22H19F5N2O4. The van der Waals surface area contributed by atoms with E-state index in [2.05, 4.69) is 10.3 Å². The van der Waals surface area contributed by atoms with Crippen molar-refractivity contribution in [3.05, 3.63) is 71.8 Å². The van der Waals surface area contributed by atoms with Crippen LogP contribution in [0.5, 0.6) is 5.75 Å². The molecule has 33 heavy (non-hydrogen) atoms. The van der Waals surface area contributed by atoms with Crippen molar-refractivity contribution in [3.8, 4) is 17.1 Å². The van der Waals surface area contributed by atoms with Gasteiger partial charge >= 0.3 is 6.18 Å². The monoisotopic (exact) mass is 470 g/mol. The molecule has 0 saturated heterocycles. The molecule has 0 aliphatic carbocycles. The predicted octanol–water partition coefficient (Wildman–Crippen LogP) is 4.13. The summed E-state index contributed by atoms with van der Waals surface area (Å²) in [7, 11) is 0. The summed E-state index contributed by atoms with van der Waals surface area (Å²) in [5, 5.41) is 12.4. The van der Waals surface area contributed by atoms with Crippen LogP contribution in [-0.2, 0) is 17.4 Å². The first-order valence-corrected chi connectivity index (χ1v) is 9.77. The molecule has 3 aromatic rings. The molecule has 1 amide bonds. The molecule has 0 bridgehead atoms. The minimum atomic E-state index is -4.51. The van der Waals surface area contributed by atoms with E-state index in [1.165, 1.54) is 24.4 Å². The normalized spacial score (nSPS) is 12.4. The first-order valence-electron chi connectivity index (χ1n) is 9.77. The Morgan fingerprint density at radius 1 is 1.18 bits per heavy atom. The Morgan fingerprint density at radius 2 is 1.97 bits per heavy atom. The van der Waals surface area contributed by atoms with E-state index in [1.54, 1.807) is 0 Å². The number of rotatable bonds is 9. The van der Waals surface area contributed by atoms with E-state index in [-0.39, 0.29) is 49.0 Å². The number of hydrogen-bond acceptors (Lipinski definition) is 5. The molecule has 11 heteroatoms. The summed E-state index contributed by atoms with van der Waals surface area (Å²) in [5.74, 6) is -1.79. The smallest absolute Gasteiger partial charge is 0.416 e. The number of amides is 1. The second-order valence-corrected chi connectivity index (χ2v) is 7.04. The number of aliphatic hydroxyl groups excluding tert-OH is 1. The van der Waals surface area contributed by atoms with Gasteiger partial charge < -0.3 is 19.6 Å². The quantitative estimate of drug-likeness (QED) is 0.460. The highest BCUT2D eigenvalue weighted by atomic mass is 19.4. The summed E-state index contributed by atoms with van der Waals surface area (Å²) in [6.45, 7) is -0.511. The highest BCUT2D eigenvalue weighted by Crippen LogP contribution is 2.31. The van der Waals surface area contributed by atoms with E-state index in [0.717, 1.165) is 18.2 Å². The Morgan fingerprint density at radius 3 is 2.70 bits per heavy atom. The molecule has 176 valence electrons. The summed E-state index contributed by atoms with van der Waals surface area (Å²) < 4.78 is 75.4. The standard InChI is InChI=1S/C22H19F5N2O4/c23-14-4-5-17(18(24)9-14)19-11-29-21(33-19)7-6-20(31)28-10-15(30)12-32-16-3-1-2-13(8-16)22(25,26)27/h1-5,8-9,11,15,30H,6-7,10,12H2,(H,28,31). The highest BCUT2D eigenvalue weighted by molar-refractivity contribution is 5.76. The molecule has 2 aromatic carbocycles. The largest absolute Gasteiger partial charge is 0.491 e. The van der Waals surface area contributed by atoms with Crippen LogP contribution in [0.3, 0.4) is 0 Å². The van der Waals surface area contributed by atoms with Gasteiger partial charge in [0.2, 0.25) is 5.91 Å². The number of aromatic nitrogens is 1. The number of nitrogens with one attached hydrogen (secondary N) is 1. The minimum absolute atomic E-state index is 0.0310. The maximum atomic E-state index is 13.8. The number of ether oxygens (including phenoxy) is 1. The van der Waals surface area contributed by atoms with E-state index in [4.69, 9.17) is 9.15 Å². The van der Waals surface area contributed by atoms with Crippen LogP contribution in [0.15, 0.2) is 53.1 Å². The summed E-state index contributed by atoms with van der Waals surface area (Å²) in [6.07, 6.45) is -4.36. The molecule has 1 aromatic heterocycles. The predicted molar refractivity (Wildman–Crippen MR) is 106 cm³/mol. The van der Waals surface area contributed by atoms with Crippen LogP contribution in [0.4, 0.5) is 22.0 Å². The number of oxazole rings is 1. The van der Waals surface area contributed by atoms with E-state index in [0.29, 0.717) is 6.07 Å². The average Bonchev–Trinajstić information content (AvgIpc) is 3.23. The van der Waals surface area contributed by atoms with Crippen molar-refractivity contribution >= 4 is 5.91 Å². The lowest BCUT2D eigenvalue weighted by molar-refractivity contribution is -0.137. The lowest BCUT2D eigenvalue weighted by atomic mass is 10.2. The second kappa shape index (κ2) is 10.4. The van der Waals surface area contributed by atoms with Crippen molar-refractivity contribution in [2.24, 2.45) is 0 Å². The highest BCUT2D eigenvalue weighted by Gasteiger charge is 2.30. The molecule has 0 fully saturated rings. The van der Waals surface area contributed by atoms with Crippen molar-refractivity contribution in [1.82, 2.24) is 10.3 Å². The lowest BCUT2D eigenvalue weighted by Crippen LogP contribution is -2.35. The Balaban J connectivity index is 1.41. The number of carbonyl (C=O) groups excluding carboxylic acids is 1. The molecule has 0 aliphatic rings. The Labute approximate surface area is 185 Å². The Bertz CT molecular complexity index is 1100. The molecule has 0 spiro atoms. The van der Waals surface area contributed by atoms with Crippen molar-refractivity contribution < 1.29 is 41.0 Å². The number of aliphatic hydroxyl groups is 1. The van der Waals surface area contributed by atoms with Gasteiger partial charge in [-0.3, -0.25) is 4.79 Å². The van der Waals surface area contributed by atoms with Crippen LogP contribution < -0.4 is 10.1 Å². The van der Waals surface area contributed by atoms with Crippen molar-refractivity contribution in [3.63, 3.8) is 0 Å². The first-order chi connectivity index (χ1) is 15.6. The topological polar surface area (TPSA) is 84.6 Å². The number of aryl methyl sites for hydroxylation is 1. The Hall–Kier alpha value is -3.47. The number of benzene rings is 2. The minimum Gasteiger partial charge on any atom is -0.491 e. The van der Waals surface area contributed by atoms with E-state index >= 15 is 0 Å². The number of carbonyl (C=O) groups is 1. The number of hydrogen-bond donors (Lipinski definition) is 2. The van der Waals surface area contributed by atoms with Gasteiger partial charge in [0, 0.05) is 25.5 Å². The molecule has 0 aliphatic heterocycles. The summed E-state index contributed by atoms with van der Waals surface area (Å²) in [5.41, 5.74) is -0.844. The summed E-state index contributed by atoms with van der Waals surface area (Å²) in [6, 6.07) is 7.23. The summed E-state index contributed by atoms with van der Waals surface area (Å²) >= 11 is 0. The maximum absolute atomic E-state index is 13.8. The van der Waals surface area contributed by atoms with Crippen LogP contribution in [0.2, 0.25) is 0 Å². The Kier molecular flexibility index (Phi) is 7.64. The lowest BCUT2D eigenvalue weighted by Gasteiger charge is -2.14. The van der Waals surface area contributed by atoms with Gasteiger partial charge in [-0.25, -0.2) is 13.8 Å². The third-order valence-corrected chi connectivity index (χ3v) is 4.45. The third-order valence-electron chi connectivity index (χ3n) is 4.45. The maximum Gasteiger partial charge on any atom is 0.416 e. The van der Waals surface area contributed by atoms with Gasteiger partial charge in [0.25, 0.3) is 0 Å². The van der Waals surface area contributed by atoms with E-state index in [1.807, 2.05) is 0 Å². The van der Waals surface area contributed by atoms with Gasteiger partial charge in [0.15, 0.2) is 11.7 Å². The molecule has 2 N–H and O–H groups in total. The molecule has 1 unspecified atom stereocenters. The fraction of sp³-hybridized carbons (Fsp3) is 0.273. The first kappa shape index (κ1) is 24.2. The van der Waals surface area contributed by atoms with E-state index < -0.39 is 35.4 Å². The van der Waals surface area contributed by atoms with Crippen molar-refractivity contribution in [2.75, 3.05) is 13.2 Å². The van der Waals surface area contributed by atoms with Gasteiger partial charge in [-0.05, 0) is 30.3 Å². The van der Waals surface area contributed by atoms with Crippen LogP contribution in [-0.4, -0.2) is 35.3 Å². The fourth-order valence-corrected chi connectivity index (χ4v) is 2.79. The molecule has 3 rings (SSSR count). The van der Waals surface area contributed by atoms with Crippen molar-refractivity contribution in [2.45, 2.75) is 25.1 Å². The number of nitrogens with zero attached hydrogens (tertiary/aromatic N) is 1. The number of halogens is 5. The number of alkyl halides is 3. The second-order valence-electron chi connectivity index (χ2n) is 7.04. The van der Waals surface area contributed by atoms with Crippen LogP contribution in [0.25, 0.3) is 11.3 Å². The summed E-state index contributed by atoms with van der Waals surface area (Å²) in [4.78, 5) is 15.9. The van der Waals surface area contributed by atoms with Crippen LogP contribution in [0.1, 0.15) is 17.9 Å². The van der Waals surface area contributed by atoms with E-state index in [9.17, 15) is 31.9 Å². The fourth-order valence-electron chi connectivity index (χ4n) is 2.79. The molecule has 6 nitrogen and oxygen atoms in total. The molecule has 1 heterocycles. The third kappa shape index (κ3) is 7.01. The average molecular weight is 470 g/mol. The van der Waals surface area contributed by atoms with Crippen molar-refractivity contribution in [1.29, 1.82) is 0 Å². The molecular weight excluding hydrogens is 451 g/mol. The van der Waals surface area contributed by atoms with Gasteiger partial charge in [0.1, 0.15) is 30.1 Å².